The summed E-state index contributed by atoms with van der Waals surface area (Å²) in [5, 5.41) is 4.82. The zero-order valence-electron chi connectivity index (χ0n) is 16.2. The molecular weight excluding hydrogens is 368 g/mol. The topological polar surface area (TPSA) is 42.1 Å². The molecule has 2 aromatic heterocycles. The molecule has 0 bridgehead atoms. The molecule has 1 aliphatic heterocycles. The number of hydrogen-bond donors (Lipinski definition) is 0. The lowest BCUT2D eigenvalue weighted by molar-refractivity contribution is 0.0980. The van der Waals surface area contributed by atoms with Crippen molar-refractivity contribution in [2.75, 3.05) is 26.2 Å². The summed E-state index contributed by atoms with van der Waals surface area (Å²) >= 11 is 5.70. The Balaban J connectivity index is 1.41. The summed E-state index contributed by atoms with van der Waals surface area (Å²) in [7, 11) is 0. The van der Waals surface area contributed by atoms with E-state index >= 15 is 0 Å². The van der Waals surface area contributed by atoms with Gasteiger partial charge in [-0.2, -0.15) is 5.10 Å². The SMILES string of the molecule is CCn1c(-c2ccncc2)nn(CN2CCN(Cc3ccccc3)CC2)c1=S. The van der Waals surface area contributed by atoms with E-state index < -0.39 is 0 Å². The van der Waals surface area contributed by atoms with Gasteiger partial charge in [0.2, 0.25) is 0 Å². The van der Waals surface area contributed by atoms with Crippen molar-refractivity contribution in [1.82, 2.24) is 29.1 Å². The smallest absolute Gasteiger partial charge is 0.199 e. The molecule has 1 fully saturated rings. The van der Waals surface area contributed by atoms with Crippen molar-refractivity contribution in [3.63, 3.8) is 0 Å². The van der Waals surface area contributed by atoms with E-state index in [9.17, 15) is 0 Å². The van der Waals surface area contributed by atoms with Gasteiger partial charge >= 0.3 is 0 Å². The van der Waals surface area contributed by atoms with Gasteiger partial charge in [0.05, 0.1) is 6.67 Å². The lowest BCUT2D eigenvalue weighted by atomic mass is 10.2. The van der Waals surface area contributed by atoms with Gasteiger partial charge in [0, 0.05) is 57.2 Å². The molecule has 3 aromatic rings. The van der Waals surface area contributed by atoms with Gasteiger partial charge in [-0.05, 0) is 36.8 Å². The number of aromatic nitrogens is 4. The Morgan fingerprint density at radius 3 is 2.29 bits per heavy atom. The molecule has 0 unspecified atom stereocenters. The van der Waals surface area contributed by atoms with Crippen LogP contribution < -0.4 is 0 Å². The minimum Gasteiger partial charge on any atom is -0.300 e. The first-order chi connectivity index (χ1) is 13.7. The second-order valence-corrected chi connectivity index (χ2v) is 7.47. The Kier molecular flexibility index (Phi) is 5.95. The fraction of sp³-hybridized carbons (Fsp3) is 0.381. The van der Waals surface area contributed by atoms with Crippen LogP contribution in [0.15, 0.2) is 54.9 Å². The Hall–Kier alpha value is -2.35. The molecule has 7 heteroatoms. The summed E-state index contributed by atoms with van der Waals surface area (Å²) in [6.07, 6.45) is 3.59. The zero-order valence-corrected chi connectivity index (χ0v) is 17.1. The summed E-state index contributed by atoms with van der Waals surface area (Å²) in [6, 6.07) is 14.6. The molecular formula is C21H26N6S. The van der Waals surface area contributed by atoms with E-state index in [-0.39, 0.29) is 0 Å². The molecule has 1 saturated heterocycles. The molecule has 3 heterocycles. The highest BCUT2D eigenvalue weighted by Gasteiger charge is 2.19. The molecule has 0 aliphatic carbocycles. The van der Waals surface area contributed by atoms with Crippen molar-refractivity contribution < 1.29 is 0 Å². The second-order valence-electron chi connectivity index (χ2n) is 7.11. The van der Waals surface area contributed by atoms with Crippen LogP contribution in [-0.2, 0) is 19.8 Å². The fourth-order valence-electron chi connectivity index (χ4n) is 3.65. The van der Waals surface area contributed by atoms with Gasteiger partial charge in [0.15, 0.2) is 10.6 Å². The molecule has 0 spiro atoms. The Morgan fingerprint density at radius 2 is 1.61 bits per heavy atom. The van der Waals surface area contributed by atoms with Crippen LogP contribution in [-0.4, -0.2) is 55.3 Å². The lowest BCUT2D eigenvalue weighted by Crippen LogP contribution is -2.46. The molecule has 0 saturated carbocycles. The van der Waals surface area contributed by atoms with Crippen molar-refractivity contribution >= 4 is 12.2 Å². The molecule has 1 aliphatic rings. The van der Waals surface area contributed by atoms with Crippen LogP contribution in [0, 0.1) is 4.77 Å². The first kappa shape index (κ1) is 19.0. The largest absolute Gasteiger partial charge is 0.300 e. The third kappa shape index (κ3) is 4.22. The van der Waals surface area contributed by atoms with Gasteiger partial charge in [0.1, 0.15) is 0 Å². The van der Waals surface area contributed by atoms with Crippen LogP contribution in [0.2, 0.25) is 0 Å². The van der Waals surface area contributed by atoms with E-state index in [1.165, 1.54) is 5.56 Å². The molecule has 4 rings (SSSR count). The van der Waals surface area contributed by atoms with Crippen molar-refractivity contribution in [2.24, 2.45) is 0 Å². The number of nitrogens with zero attached hydrogens (tertiary/aromatic N) is 6. The van der Waals surface area contributed by atoms with Gasteiger partial charge in [-0.3, -0.25) is 14.8 Å². The molecule has 0 amide bonds. The van der Waals surface area contributed by atoms with E-state index in [4.69, 9.17) is 17.3 Å². The quantitative estimate of drug-likeness (QED) is 0.600. The number of piperazine rings is 1. The predicted octanol–water partition coefficient (Wildman–Crippen LogP) is 3.27. The highest BCUT2D eigenvalue weighted by atomic mass is 32.1. The van der Waals surface area contributed by atoms with Crippen LogP contribution in [0.25, 0.3) is 11.4 Å². The molecule has 1 aromatic carbocycles. The third-order valence-electron chi connectivity index (χ3n) is 5.23. The molecule has 0 radical (unpaired) electrons. The normalized spacial score (nSPS) is 15.8. The van der Waals surface area contributed by atoms with Crippen molar-refractivity contribution in [3.05, 3.63) is 65.2 Å². The van der Waals surface area contributed by atoms with Crippen LogP contribution in [0.1, 0.15) is 12.5 Å². The maximum absolute atomic E-state index is 5.70. The molecule has 0 N–H and O–H groups in total. The standard InChI is InChI=1S/C21H26N6S/c1-2-26-20(19-8-10-22-11-9-19)23-27(21(26)28)17-25-14-12-24(13-15-25)16-18-6-4-3-5-7-18/h3-11H,2,12-17H2,1H3. The number of pyridine rings is 1. The van der Waals surface area contributed by atoms with Gasteiger partial charge in [-0.1, -0.05) is 30.3 Å². The summed E-state index contributed by atoms with van der Waals surface area (Å²) in [5.41, 5.74) is 2.43. The molecule has 0 atom stereocenters. The van der Waals surface area contributed by atoms with Crippen LogP contribution in [0.3, 0.4) is 0 Å². The van der Waals surface area contributed by atoms with E-state index in [1.54, 1.807) is 12.4 Å². The average molecular weight is 395 g/mol. The van der Waals surface area contributed by atoms with Gasteiger partial charge in [0.25, 0.3) is 0 Å². The summed E-state index contributed by atoms with van der Waals surface area (Å²) < 4.78 is 4.83. The summed E-state index contributed by atoms with van der Waals surface area (Å²) in [6.45, 7) is 8.85. The minimum atomic E-state index is 0.739. The highest BCUT2D eigenvalue weighted by molar-refractivity contribution is 7.71. The van der Waals surface area contributed by atoms with Gasteiger partial charge in [-0.25, -0.2) is 4.68 Å². The van der Waals surface area contributed by atoms with Gasteiger partial charge in [-0.15, -0.1) is 0 Å². The van der Waals surface area contributed by atoms with E-state index in [0.29, 0.717) is 0 Å². The number of benzene rings is 1. The van der Waals surface area contributed by atoms with E-state index in [1.807, 2.05) is 16.8 Å². The average Bonchev–Trinajstić information content (AvgIpc) is 3.06. The van der Waals surface area contributed by atoms with Crippen molar-refractivity contribution in [1.29, 1.82) is 0 Å². The number of rotatable bonds is 6. The Morgan fingerprint density at radius 1 is 0.929 bits per heavy atom. The Labute approximate surface area is 171 Å². The minimum absolute atomic E-state index is 0.739. The fourth-order valence-corrected chi connectivity index (χ4v) is 3.97. The maximum Gasteiger partial charge on any atom is 0.199 e. The summed E-state index contributed by atoms with van der Waals surface area (Å²) in [5.74, 6) is 0.914. The lowest BCUT2D eigenvalue weighted by Gasteiger charge is -2.34. The molecule has 146 valence electrons. The highest BCUT2D eigenvalue weighted by Crippen LogP contribution is 2.18. The van der Waals surface area contributed by atoms with E-state index in [0.717, 1.165) is 62.1 Å². The van der Waals surface area contributed by atoms with E-state index in [2.05, 4.69) is 56.6 Å². The number of hydrogen-bond acceptors (Lipinski definition) is 5. The third-order valence-corrected chi connectivity index (χ3v) is 5.66. The zero-order chi connectivity index (χ0) is 19.3. The van der Waals surface area contributed by atoms with Gasteiger partial charge < -0.3 is 4.57 Å². The summed E-state index contributed by atoms with van der Waals surface area (Å²) in [4.78, 5) is 9.05. The predicted molar refractivity (Wildman–Crippen MR) is 113 cm³/mol. The van der Waals surface area contributed by atoms with Crippen molar-refractivity contribution in [2.45, 2.75) is 26.7 Å². The van der Waals surface area contributed by atoms with Crippen LogP contribution in [0.5, 0.6) is 0 Å². The molecule has 6 nitrogen and oxygen atoms in total. The van der Waals surface area contributed by atoms with Crippen LogP contribution >= 0.6 is 12.2 Å². The Bertz CT molecular complexity index is 942. The first-order valence-corrected chi connectivity index (χ1v) is 10.2. The monoisotopic (exact) mass is 394 g/mol. The van der Waals surface area contributed by atoms with Crippen molar-refractivity contribution in [3.8, 4) is 11.4 Å². The maximum atomic E-state index is 5.70. The molecule has 28 heavy (non-hydrogen) atoms. The second kappa shape index (κ2) is 8.77. The first-order valence-electron chi connectivity index (χ1n) is 9.81. The van der Waals surface area contributed by atoms with Crippen LogP contribution in [0.4, 0.5) is 0 Å².